The summed E-state index contributed by atoms with van der Waals surface area (Å²) in [6.07, 6.45) is -0.580. The average Bonchev–Trinajstić information content (AvgIpc) is 3.41. The summed E-state index contributed by atoms with van der Waals surface area (Å²) in [5, 5.41) is 23.4. The second-order valence-corrected chi connectivity index (χ2v) is 8.23. The third-order valence-corrected chi connectivity index (χ3v) is 5.83. The van der Waals surface area contributed by atoms with Gasteiger partial charge < -0.3 is 25.4 Å². The largest absolute Gasteiger partial charge is 0.481 e. The van der Waals surface area contributed by atoms with Gasteiger partial charge in [-0.25, -0.2) is 14.6 Å². The predicted molar refractivity (Wildman–Crippen MR) is 126 cm³/mol. The quantitative estimate of drug-likeness (QED) is 0.364. The first-order valence-corrected chi connectivity index (χ1v) is 11.2. The van der Waals surface area contributed by atoms with Crippen molar-refractivity contribution in [2.24, 2.45) is 0 Å². The van der Waals surface area contributed by atoms with Crippen LogP contribution in [-0.4, -0.2) is 62.3 Å². The van der Waals surface area contributed by atoms with Crippen molar-refractivity contribution in [3.63, 3.8) is 0 Å². The minimum atomic E-state index is -1.40. The highest BCUT2D eigenvalue weighted by atomic mass is 16.4. The fourth-order valence-corrected chi connectivity index (χ4v) is 4.07. The molecular weight excluding hydrogens is 454 g/mol. The molecule has 35 heavy (non-hydrogen) atoms. The van der Waals surface area contributed by atoms with Crippen molar-refractivity contribution in [3.05, 3.63) is 60.2 Å². The molecule has 182 valence electrons. The Morgan fingerprint density at radius 1 is 0.914 bits per heavy atom. The van der Waals surface area contributed by atoms with Crippen molar-refractivity contribution in [1.82, 2.24) is 20.2 Å². The van der Waals surface area contributed by atoms with E-state index in [1.807, 2.05) is 34.9 Å². The Labute approximate surface area is 200 Å². The molecule has 2 heterocycles. The summed E-state index contributed by atoms with van der Waals surface area (Å²) in [6, 6.07) is 13.5. The average molecular weight is 479 g/mol. The first-order chi connectivity index (χ1) is 16.8. The van der Waals surface area contributed by atoms with E-state index in [1.54, 1.807) is 24.3 Å². The summed E-state index contributed by atoms with van der Waals surface area (Å²) in [5.74, 6) is -2.77. The molecule has 4 N–H and O–H groups in total. The van der Waals surface area contributed by atoms with Crippen molar-refractivity contribution < 1.29 is 29.4 Å². The Morgan fingerprint density at radius 2 is 1.63 bits per heavy atom. The molecule has 0 saturated carbocycles. The van der Waals surface area contributed by atoms with Gasteiger partial charge in [-0.1, -0.05) is 42.5 Å². The molecule has 1 aliphatic rings. The number of carboxylic acid groups (broad SMARTS) is 2. The molecule has 11 nitrogen and oxygen atoms in total. The molecule has 0 aliphatic carbocycles. The minimum absolute atomic E-state index is 0.119. The summed E-state index contributed by atoms with van der Waals surface area (Å²) < 4.78 is 1.92. The van der Waals surface area contributed by atoms with Crippen LogP contribution in [0.2, 0.25) is 0 Å². The Kier molecular flexibility index (Phi) is 6.95. The van der Waals surface area contributed by atoms with Crippen LogP contribution in [0.4, 0.5) is 10.7 Å². The zero-order valence-electron chi connectivity index (χ0n) is 18.8. The summed E-state index contributed by atoms with van der Waals surface area (Å²) >= 11 is 0. The maximum Gasteiger partial charge on any atom is 0.326 e. The maximum atomic E-state index is 13.2. The van der Waals surface area contributed by atoms with Gasteiger partial charge in [0.1, 0.15) is 12.1 Å². The molecule has 2 unspecified atom stereocenters. The molecule has 0 saturated heterocycles. The highest BCUT2D eigenvalue weighted by Crippen LogP contribution is 2.27. The van der Waals surface area contributed by atoms with Crippen LogP contribution >= 0.6 is 0 Å². The number of imidazole rings is 1. The van der Waals surface area contributed by atoms with E-state index in [-0.39, 0.29) is 12.8 Å². The second-order valence-electron chi connectivity index (χ2n) is 8.23. The van der Waals surface area contributed by atoms with E-state index in [0.29, 0.717) is 19.0 Å². The molecule has 11 heteroatoms. The van der Waals surface area contributed by atoms with Gasteiger partial charge in [-0.15, -0.1) is 0 Å². The molecule has 0 fully saturated rings. The number of nitrogens with one attached hydrogen (secondary N) is 2. The maximum absolute atomic E-state index is 13.2. The molecule has 1 aliphatic heterocycles. The Balaban J connectivity index is 1.53. The Hall–Kier alpha value is -4.41. The summed E-state index contributed by atoms with van der Waals surface area (Å²) in [5.41, 5.74) is 2.42. The van der Waals surface area contributed by atoms with Gasteiger partial charge in [-0.3, -0.25) is 14.5 Å². The zero-order chi connectivity index (χ0) is 24.9. The van der Waals surface area contributed by atoms with Crippen molar-refractivity contribution in [2.45, 2.75) is 37.9 Å². The lowest BCUT2D eigenvalue weighted by molar-refractivity contribution is -0.143. The van der Waals surface area contributed by atoms with Crippen LogP contribution in [0, 0.1) is 0 Å². The number of para-hydroxylation sites is 2. The molecule has 3 amide bonds. The normalized spacial score (nSPS) is 14.2. The number of aliphatic carboxylic acids is 2. The summed E-state index contributed by atoms with van der Waals surface area (Å²) in [7, 11) is 0. The summed E-state index contributed by atoms with van der Waals surface area (Å²) in [4.78, 5) is 54.7. The van der Waals surface area contributed by atoms with Gasteiger partial charge in [-0.2, -0.15) is 0 Å². The number of hydrogen-bond acceptors (Lipinski definition) is 5. The lowest BCUT2D eigenvalue weighted by atomic mass is 10.0. The number of rotatable bonds is 9. The fourth-order valence-electron chi connectivity index (χ4n) is 4.07. The molecular formula is C24H25N5O6. The molecule has 0 radical (unpaired) electrons. The van der Waals surface area contributed by atoms with E-state index >= 15 is 0 Å². The number of benzene rings is 2. The van der Waals surface area contributed by atoms with E-state index in [2.05, 4.69) is 15.6 Å². The number of carboxylic acids is 2. The highest BCUT2D eigenvalue weighted by molar-refractivity contribution is 5.97. The lowest BCUT2D eigenvalue weighted by Gasteiger charge is -2.24. The van der Waals surface area contributed by atoms with E-state index in [0.717, 1.165) is 16.6 Å². The van der Waals surface area contributed by atoms with Gasteiger partial charge in [0.25, 0.3) is 0 Å². The van der Waals surface area contributed by atoms with Crippen LogP contribution in [0.25, 0.3) is 11.0 Å². The van der Waals surface area contributed by atoms with Gasteiger partial charge in [0.05, 0.1) is 11.0 Å². The first kappa shape index (κ1) is 23.7. The number of fused-ring (bicyclic) bond motifs is 3. The van der Waals surface area contributed by atoms with Crippen LogP contribution in [0.5, 0.6) is 0 Å². The zero-order valence-corrected chi connectivity index (χ0v) is 18.8. The fraction of sp³-hybridized carbons (Fsp3) is 0.292. The van der Waals surface area contributed by atoms with Crippen molar-refractivity contribution in [3.8, 4) is 0 Å². The predicted octanol–water partition coefficient (Wildman–Crippen LogP) is 1.61. The Bertz CT molecular complexity index is 1260. The third kappa shape index (κ3) is 5.40. The molecule has 0 spiro atoms. The van der Waals surface area contributed by atoms with Gasteiger partial charge in [0, 0.05) is 25.9 Å². The number of urea groups is 1. The van der Waals surface area contributed by atoms with Crippen molar-refractivity contribution >= 4 is 40.9 Å². The monoisotopic (exact) mass is 479 g/mol. The van der Waals surface area contributed by atoms with Gasteiger partial charge in [-0.05, 0) is 24.1 Å². The lowest BCUT2D eigenvalue weighted by Crippen LogP contribution is -2.55. The topological polar surface area (TPSA) is 154 Å². The molecule has 0 bridgehead atoms. The van der Waals surface area contributed by atoms with Crippen LogP contribution < -0.4 is 15.5 Å². The Morgan fingerprint density at radius 3 is 2.34 bits per heavy atom. The van der Waals surface area contributed by atoms with Gasteiger partial charge in [0.2, 0.25) is 11.9 Å². The molecule has 2 aromatic carbocycles. The van der Waals surface area contributed by atoms with Crippen LogP contribution in [0.1, 0.15) is 18.4 Å². The SMILES string of the molecule is O=C(O)CCC(NC(=O)C(Cc1ccccc1)NC(=O)N1CCn2c1nc1ccccc12)C(=O)O. The number of nitrogens with zero attached hydrogens (tertiary/aromatic N) is 3. The van der Waals surface area contributed by atoms with E-state index in [9.17, 15) is 24.3 Å². The first-order valence-electron chi connectivity index (χ1n) is 11.2. The molecule has 1 aromatic heterocycles. The standard InChI is InChI=1S/C24H25N5O6/c30-20(31)11-10-17(22(33)34)25-21(32)18(14-15-6-2-1-3-7-15)27-24(35)29-13-12-28-19-9-5-4-8-16(19)26-23(28)29/h1-9,17-18H,10-14H2,(H,25,32)(H,27,35)(H,30,31)(H,33,34). The third-order valence-electron chi connectivity index (χ3n) is 5.83. The number of carbonyl (C=O) groups is 4. The van der Waals surface area contributed by atoms with Crippen LogP contribution in [0.15, 0.2) is 54.6 Å². The number of carbonyl (C=O) groups excluding carboxylic acids is 2. The van der Waals surface area contributed by atoms with Gasteiger partial charge in [0.15, 0.2) is 0 Å². The smallest absolute Gasteiger partial charge is 0.326 e. The highest BCUT2D eigenvalue weighted by Gasteiger charge is 2.32. The number of aromatic nitrogens is 2. The van der Waals surface area contributed by atoms with E-state index in [4.69, 9.17) is 5.11 Å². The van der Waals surface area contributed by atoms with Crippen LogP contribution in [-0.2, 0) is 27.3 Å². The second kappa shape index (κ2) is 10.2. The molecule has 3 aromatic rings. The van der Waals surface area contributed by atoms with Crippen molar-refractivity contribution in [2.75, 3.05) is 11.4 Å². The van der Waals surface area contributed by atoms with E-state index < -0.39 is 42.4 Å². The van der Waals surface area contributed by atoms with E-state index in [1.165, 1.54) is 4.90 Å². The van der Waals surface area contributed by atoms with Crippen molar-refractivity contribution in [1.29, 1.82) is 0 Å². The molecule has 2 atom stereocenters. The summed E-state index contributed by atoms with van der Waals surface area (Å²) in [6.45, 7) is 0.921. The van der Waals surface area contributed by atoms with Gasteiger partial charge >= 0.3 is 18.0 Å². The molecule has 4 rings (SSSR count). The minimum Gasteiger partial charge on any atom is -0.481 e. The number of amides is 3. The number of anilines is 1. The number of hydrogen-bond donors (Lipinski definition) is 4. The van der Waals surface area contributed by atoms with Crippen LogP contribution in [0.3, 0.4) is 0 Å².